The summed E-state index contributed by atoms with van der Waals surface area (Å²) in [5.41, 5.74) is 12.3. The van der Waals surface area contributed by atoms with Crippen molar-refractivity contribution in [1.29, 1.82) is 0 Å². The molecule has 0 aromatic heterocycles. The van der Waals surface area contributed by atoms with Crippen molar-refractivity contribution in [2.45, 2.75) is 173 Å². The van der Waals surface area contributed by atoms with E-state index in [-0.39, 0.29) is 119 Å². The number of halogens is 3. The number of urea groups is 1. The van der Waals surface area contributed by atoms with Crippen LogP contribution in [0, 0.1) is 23.7 Å². The number of nitrogens with zero attached hydrogens (tertiary/aromatic N) is 4. The third-order valence-corrected chi connectivity index (χ3v) is 17.4. The zero-order valence-electron chi connectivity index (χ0n) is 55.0. The molecule has 514 valence electrons. The number of hydrogen-bond donors (Lipinski definition) is 9. The molecule has 0 radical (unpaired) electrons. The molecule has 0 saturated carbocycles. The number of methoxy groups -OCH3 is 2. The molecule has 11 unspecified atom stereocenters. The van der Waals surface area contributed by atoms with Gasteiger partial charge in [-0.1, -0.05) is 83.5 Å². The Balaban J connectivity index is 1.35. The average molecular weight is 1300 g/mol. The molecule has 2 aliphatic rings. The fourth-order valence-corrected chi connectivity index (χ4v) is 12.3. The summed E-state index contributed by atoms with van der Waals surface area (Å²) in [7, 11) is 8.30. The van der Waals surface area contributed by atoms with Crippen molar-refractivity contribution in [3.8, 4) is 0 Å². The lowest BCUT2D eigenvalue weighted by molar-refractivity contribution is -0.195. The number of primary amides is 2. The number of carbonyl (C=O) groups is 10. The van der Waals surface area contributed by atoms with Gasteiger partial charge in [-0.3, -0.25) is 53.0 Å². The summed E-state index contributed by atoms with van der Waals surface area (Å²) in [5.74, 6) is -6.05. The number of rotatable bonds is 37. The Hall–Kier alpha value is -7.43. The number of likely N-dealkylation sites (N-methyl/N-ethyl adjacent to an activating group) is 2. The van der Waals surface area contributed by atoms with E-state index in [0.29, 0.717) is 43.5 Å². The average Bonchev–Trinajstić information content (AvgIpc) is 1.44. The van der Waals surface area contributed by atoms with Crippen LogP contribution in [0.3, 0.4) is 0 Å². The first-order valence-electron chi connectivity index (χ1n) is 31.7. The SMILES string of the molecule is CCC(C)C(C(CC(=O)N1CCCC1C(OC)C(C)C(=O)NC(CC(=O)NCc1ccc(NC(=O)C(CCCNC(N)=O)NC(=O)CNC(=O)CCCN2CCC(C(N)=O)CC2C(F)(F)F)cc1)Cc1ccccc1)OC)N(C)C(=O)CNC(=O)C(C(C)C)N(C)C. The smallest absolute Gasteiger partial charge is 0.379 e. The summed E-state index contributed by atoms with van der Waals surface area (Å²) in [4.78, 5) is 138. The molecule has 0 aliphatic carbocycles. The second-order valence-electron chi connectivity index (χ2n) is 24.7. The molecule has 11 amide bonds. The fraction of sp³-hybridized carbons (Fsp3) is 0.656. The van der Waals surface area contributed by atoms with Gasteiger partial charge in [-0.15, -0.1) is 0 Å². The van der Waals surface area contributed by atoms with Crippen molar-refractivity contribution < 1.29 is 70.6 Å². The molecule has 2 saturated heterocycles. The molecule has 2 aromatic rings. The standard InChI is InChI=1S/C64H100F3N13O12/c1-11-40(4)57(78(8)55(85)38-73-62(89)56(39(2)3)77(6)7)49(91-9)35-54(84)80-30-16-21-48(80)58(92-10)41(5)60(87)75-46(32-42-18-13-12-14-19-42)34-52(82)71-36-43-23-25-45(26-24-43)74-61(88)47(20-15-28-70-63(69)90)76-53(83)37-72-51(81)22-17-29-79-31-27-44(59(68)86)33-50(79)64(65,66)67/h12-14,18-19,23-26,39-41,44,46-50,56-58H,11,15-17,20-22,27-38H2,1-10H3,(H2,68,86)(H,71,82)(H,72,81)(H,73,89)(H,74,88)(H,75,87)(H,76,83)(H3,69,70,90). The summed E-state index contributed by atoms with van der Waals surface area (Å²) in [6, 6.07) is 10.0. The molecule has 2 aliphatic heterocycles. The molecular formula is C64H100F3N13O12. The van der Waals surface area contributed by atoms with Gasteiger partial charge >= 0.3 is 12.2 Å². The Morgan fingerprint density at radius 2 is 1.42 bits per heavy atom. The molecule has 2 fully saturated rings. The summed E-state index contributed by atoms with van der Waals surface area (Å²) >= 11 is 0. The summed E-state index contributed by atoms with van der Waals surface area (Å²) in [6.07, 6.45) is -4.15. The van der Waals surface area contributed by atoms with Gasteiger partial charge in [0.25, 0.3) is 0 Å². The van der Waals surface area contributed by atoms with Gasteiger partial charge < -0.3 is 68.0 Å². The molecule has 25 nitrogen and oxygen atoms in total. The highest BCUT2D eigenvalue weighted by Crippen LogP contribution is 2.35. The van der Waals surface area contributed by atoms with Crippen molar-refractivity contribution in [3.63, 3.8) is 0 Å². The molecule has 2 aromatic carbocycles. The number of piperidine rings is 1. The van der Waals surface area contributed by atoms with Gasteiger partial charge in [0.2, 0.25) is 53.2 Å². The molecule has 11 atom stereocenters. The van der Waals surface area contributed by atoms with Gasteiger partial charge in [0.15, 0.2) is 0 Å². The fourth-order valence-electron chi connectivity index (χ4n) is 12.3. The summed E-state index contributed by atoms with van der Waals surface area (Å²) in [5, 5.41) is 19.0. The molecule has 28 heteroatoms. The summed E-state index contributed by atoms with van der Waals surface area (Å²) < 4.78 is 53.4. The maximum atomic E-state index is 14.4. The number of likely N-dealkylation sites (tertiary alicyclic amines) is 2. The van der Waals surface area contributed by atoms with Crippen molar-refractivity contribution >= 4 is 64.9 Å². The van der Waals surface area contributed by atoms with E-state index in [1.54, 1.807) is 48.0 Å². The second-order valence-corrected chi connectivity index (χ2v) is 24.7. The lowest BCUT2D eigenvalue weighted by atomic mass is 9.89. The lowest BCUT2D eigenvalue weighted by Crippen LogP contribution is -2.55. The highest BCUT2D eigenvalue weighted by atomic mass is 19.4. The number of carbonyl (C=O) groups excluding carboxylic acids is 10. The highest BCUT2D eigenvalue weighted by molar-refractivity contribution is 5.98. The number of hydrogen-bond acceptors (Lipinski definition) is 14. The van der Waals surface area contributed by atoms with Gasteiger partial charge in [-0.2, -0.15) is 13.2 Å². The topological polar surface area (TPSA) is 338 Å². The third kappa shape index (κ3) is 24.6. The Kier molecular flexibility index (Phi) is 31.8. The van der Waals surface area contributed by atoms with E-state index in [1.165, 1.54) is 19.1 Å². The van der Waals surface area contributed by atoms with Crippen molar-refractivity contribution in [2.75, 3.05) is 79.9 Å². The van der Waals surface area contributed by atoms with Crippen LogP contribution in [0.5, 0.6) is 0 Å². The van der Waals surface area contributed by atoms with E-state index in [4.69, 9.17) is 20.9 Å². The Morgan fingerprint density at radius 1 is 0.739 bits per heavy atom. The number of nitrogens with one attached hydrogen (secondary N) is 7. The molecule has 0 bridgehead atoms. The first-order chi connectivity index (χ1) is 43.5. The van der Waals surface area contributed by atoms with Crippen LogP contribution in [0.4, 0.5) is 23.7 Å². The molecule has 0 spiro atoms. The maximum Gasteiger partial charge on any atom is 0.404 e. The molecule has 11 N–H and O–H groups in total. The Bertz CT molecular complexity index is 2740. The van der Waals surface area contributed by atoms with Crippen molar-refractivity contribution in [2.24, 2.45) is 35.1 Å². The molecule has 92 heavy (non-hydrogen) atoms. The zero-order chi connectivity index (χ0) is 68.4. The monoisotopic (exact) mass is 1300 g/mol. The minimum absolute atomic E-state index is 0.0115. The zero-order valence-corrected chi connectivity index (χ0v) is 55.0. The maximum absolute atomic E-state index is 14.4. The van der Waals surface area contributed by atoms with E-state index in [0.717, 1.165) is 5.56 Å². The number of alkyl halides is 3. The van der Waals surface area contributed by atoms with E-state index >= 15 is 0 Å². The third-order valence-electron chi connectivity index (χ3n) is 17.4. The van der Waals surface area contributed by atoms with E-state index in [9.17, 15) is 61.1 Å². The first kappa shape index (κ1) is 77.0. The van der Waals surface area contributed by atoms with Crippen molar-refractivity contribution in [3.05, 3.63) is 65.7 Å². The van der Waals surface area contributed by atoms with Gasteiger partial charge in [0.05, 0.1) is 55.8 Å². The van der Waals surface area contributed by atoms with Crippen LogP contribution < -0.4 is 48.7 Å². The largest absolute Gasteiger partial charge is 0.404 e. The number of ether oxygens (including phenoxy) is 2. The van der Waals surface area contributed by atoms with Crippen LogP contribution in [0.25, 0.3) is 0 Å². The highest BCUT2D eigenvalue weighted by Gasteiger charge is 2.48. The quantitative estimate of drug-likeness (QED) is 0.0440. The number of benzene rings is 2. The van der Waals surface area contributed by atoms with Crippen LogP contribution in [0.2, 0.25) is 0 Å². The van der Waals surface area contributed by atoms with Crippen LogP contribution in [-0.4, -0.2) is 208 Å². The number of nitrogens with two attached hydrogens (primary N) is 2. The van der Waals surface area contributed by atoms with Crippen molar-refractivity contribution in [1.82, 2.24) is 51.5 Å². The Morgan fingerprint density at radius 3 is 2.02 bits per heavy atom. The summed E-state index contributed by atoms with van der Waals surface area (Å²) in [6.45, 7) is 9.30. The van der Waals surface area contributed by atoms with E-state index < -0.39 is 109 Å². The van der Waals surface area contributed by atoms with Crippen LogP contribution >= 0.6 is 0 Å². The van der Waals surface area contributed by atoms with Gasteiger partial charge in [0, 0.05) is 71.4 Å². The molecular weight excluding hydrogens is 1200 g/mol. The van der Waals surface area contributed by atoms with E-state index in [2.05, 4.69) is 37.2 Å². The van der Waals surface area contributed by atoms with Gasteiger partial charge in [-0.25, -0.2) is 4.79 Å². The van der Waals surface area contributed by atoms with Crippen LogP contribution in [-0.2, 0) is 65.6 Å². The normalized spacial score (nSPS) is 18.6. The van der Waals surface area contributed by atoms with Crippen LogP contribution in [0.15, 0.2) is 54.6 Å². The van der Waals surface area contributed by atoms with Crippen LogP contribution in [0.1, 0.15) is 116 Å². The molecule has 4 rings (SSSR count). The minimum atomic E-state index is -4.60. The Labute approximate surface area is 538 Å². The first-order valence-corrected chi connectivity index (χ1v) is 31.7. The van der Waals surface area contributed by atoms with Gasteiger partial charge in [-0.05, 0) is 114 Å². The number of anilines is 1. The second kappa shape index (κ2) is 37.9. The number of amides is 11. The lowest BCUT2D eigenvalue weighted by Gasteiger charge is -2.39. The minimum Gasteiger partial charge on any atom is -0.379 e. The molecule has 2 heterocycles. The predicted molar refractivity (Wildman–Crippen MR) is 339 cm³/mol. The van der Waals surface area contributed by atoms with E-state index in [1.807, 2.05) is 77.0 Å². The predicted octanol–water partition coefficient (Wildman–Crippen LogP) is 2.94. The van der Waals surface area contributed by atoms with Gasteiger partial charge in [0.1, 0.15) is 12.1 Å².